The van der Waals surface area contributed by atoms with Crippen LogP contribution in [0.3, 0.4) is 0 Å². The van der Waals surface area contributed by atoms with E-state index in [0.717, 1.165) is 0 Å². The molecule has 0 atom stereocenters. The van der Waals surface area contributed by atoms with Crippen molar-refractivity contribution in [3.05, 3.63) is 101 Å². The molecule has 1 heterocycles. The second-order valence-electron chi connectivity index (χ2n) is 7.08. The van der Waals surface area contributed by atoms with Crippen LogP contribution in [0.5, 0.6) is 0 Å². The second-order valence-corrected chi connectivity index (χ2v) is 9.72. The molecule has 0 saturated carbocycles. The first-order chi connectivity index (χ1) is 14.8. The number of allylic oxidation sites excluding steroid dienone is 2. The van der Waals surface area contributed by atoms with E-state index in [4.69, 9.17) is 0 Å². The molecule has 30 heavy (non-hydrogen) atoms. The Hall–Kier alpha value is -2.33. The average molecular weight is 442 g/mol. The van der Waals surface area contributed by atoms with Crippen molar-refractivity contribution >= 4 is 45.8 Å². The summed E-state index contributed by atoms with van der Waals surface area (Å²) in [6, 6.07) is 26.6. The number of rotatable bonds is 4. The average Bonchev–Trinajstić information content (AvgIpc) is 3.38. The summed E-state index contributed by atoms with van der Waals surface area (Å²) in [5.74, 6) is 0. The standard InChI is InChI=1S/C27H21S3/c1-28-25-16-22(18-10-5-3-7-12-20(18)25)27(24-14-9-15-30-24)23-17-26(29-2)21-13-8-4-6-11-19(21)23/h3-17H,1-2H3/q+1. The largest absolute Gasteiger partial charge is 0.239 e. The van der Waals surface area contributed by atoms with Crippen LogP contribution >= 0.6 is 23.5 Å². The molecule has 4 aliphatic carbocycles. The summed E-state index contributed by atoms with van der Waals surface area (Å²) < 4.78 is 0. The highest BCUT2D eigenvalue weighted by molar-refractivity contribution is 7.99. The zero-order valence-corrected chi connectivity index (χ0v) is 19.3. The van der Waals surface area contributed by atoms with Gasteiger partial charge < -0.3 is 0 Å². The van der Waals surface area contributed by atoms with E-state index in [0.29, 0.717) is 0 Å². The first-order valence-electron chi connectivity index (χ1n) is 9.85. The highest BCUT2D eigenvalue weighted by Gasteiger charge is 2.29. The molecule has 0 radical (unpaired) electrons. The first kappa shape index (κ1) is 19.6. The molecule has 146 valence electrons. The maximum Gasteiger partial charge on any atom is 0.239 e. The Labute approximate surface area is 190 Å². The Bertz CT molecular complexity index is 1170. The van der Waals surface area contributed by atoms with E-state index in [1.165, 1.54) is 53.6 Å². The summed E-state index contributed by atoms with van der Waals surface area (Å²) in [6.07, 6.45) is 8.74. The zero-order chi connectivity index (χ0) is 20.5. The Kier molecular flexibility index (Phi) is 5.51. The van der Waals surface area contributed by atoms with Crippen molar-refractivity contribution in [2.24, 2.45) is 0 Å². The van der Waals surface area contributed by atoms with Gasteiger partial charge in [-0.25, -0.2) is 0 Å². The number of hydrogen-bond acceptors (Lipinski definition) is 2. The summed E-state index contributed by atoms with van der Waals surface area (Å²) in [7, 11) is 0. The fraction of sp³-hybridized carbons (Fsp3) is 0.0741. The van der Waals surface area contributed by atoms with Crippen molar-refractivity contribution in [3.8, 4) is 22.3 Å². The molecule has 0 aromatic carbocycles. The van der Waals surface area contributed by atoms with Gasteiger partial charge in [-0.15, -0.1) is 23.5 Å². The topological polar surface area (TPSA) is 0 Å². The Balaban J connectivity index is 1.85. The van der Waals surface area contributed by atoms with Crippen molar-refractivity contribution in [1.82, 2.24) is 0 Å². The molecule has 0 amide bonds. The van der Waals surface area contributed by atoms with E-state index in [1.54, 1.807) is 0 Å². The lowest BCUT2D eigenvalue weighted by atomic mass is 9.94. The smallest absolute Gasteiger partial charge is 0.129 e. The van der Waals surface area contributed by atoms with Gasteiger partial charge in [-0.3, -0.25) is 0 Å². The van der Waals surface area contributed by atoms with Crippen molar-refractivity contribution in [1.29, 1.82) is 0 Å². The molecule has 0 N–H and O–H groups in total. The molecule has 5 rings (SSSR count). The van der Waals surface area contributed by atoms with E-state index in [-0.39, 0.29) is 0 Å². The van der Waals surface area contributed by atoms with Crippen molar-refractivity contribution in [2.45, 2.75) is 9.79 Å². The minimum absolute atomic E-state index is 1.31. The van der Waals surface area contributed by atoms with Gasteiger partial charge in [0.1, 0.15) is 0 Å². The molecule has 0 aromatic heterocycles. The molecule has 0 aromatic rings. The second kappa shape index (κ2) is 8.43. The third-order valence-corrected chi connectivity index (χ3v) is 7.93. The molecule has 0 unspecified atom stereocenters. The Morgan fingerprint density at radius 1 is 0.667 bits per heavy atom. The van der Waals surface area contributed by atoms with Gasteiger partial charge in [0.05, 0.1) is 5.57 Å². The first-order valence-corrected chi connectivity index (χ1v) is 13.2. The minimum atomic E-state index is 1.31. The number of hydrogen-bond donors (Lipinski definition) is 0. The maximum atomic E-state index is 2.38. The normalized spacial score (nSPS) is 12.9. The summed E-state index contributed by atoms with van der Waals surface area (Å²) in [4.78, 5) is 3.97. The Morgan fingerprint density at radius 2 is 1.17 bits per heavy atom. The van der Waals surface area contributed by atoms with Crippen molar-refractivity contribution in [2.75, 3.05) is 12.5 Å². The van der Waals surface area contributed by atoms with Gasteiger partial charge in [-0.05, 0) is 58.0 Å². The van der Waals surface area contributed by atoms with E-state index < -0.39 is 0 Å². The van der Waals surface area contributed by atoms with E-state index in [2.05, 4.69) is 103 Å². The van der Waals surface area contributed by atoms with E-state index in [1.807, 2.05) is 34.9 Å². The van der Waals surface area contributed by atoms with Crippen molar-refractivity contribution < 1.29 is 0 Å². The predicted molar refractivity (Wildman–Crippen MR) is 138 cm³/mol. The summed E-state index contributed by atoms with van der Waals surface area (Å²) >= 11 is 5.46. The van der Waals surface area contributed by atoms with Gasteiger partial charge in [0.15, 0.2) is 5.37 Å². The summed E-state index contributed by atoms with van der Waals surface area (Å²) in [6.45, 7) is 0. The number of thioether (sulfide) groups is 2. The molecule has 0 saturated heterocycles. The van der Waals surface area contributed by atoms with E-state index >= 15 is 0 Å². The maximum absolute atomic E-state index is 2.38. The van der Waals surface area contributed by atoms with Gasteiger partial charge in [-0.1, -0.05) is 60.7 Å². The monoisotopic (exact) mass is 441 g/mol. The lowest BCUT2D eigenvalue weighted by Crippen LogP contribution is -1.92. The SMILES string of the molecule is CSc1cc(C(=C2C=CC=[S+]2)c2cc(SC)c3cccccc2-3)c2cccccc1-2. The molecule has 0 nitrogen and oxygen atoms in total. The summed E-state index contributed by atoms with van der Waals surface area (Å²) in [5.41, 5.74) is 9.24. The lowest BCUT2D eigenvalue weighted by molar-refractivity contribution is 1.56. The molecule has 0 fully saturated rings. The van der Waals surface area contributed by atoms with Gasteiger partial charge in [0.2, 0.25) is 16.3 Å². The van der Waals surface area contributed by atoms with Gasteiger partial charge >= 0.3 is 0 Å². The fourth-order valence-corrected chi connectivity index (χ4v) is 6.22. The molecular formula is C27H21S3+. The third kappa shape index (κ3) is 3.31. The van der Waals surface area contributed by atoms with Gasteiger partial charge in [-0.2, -0.15) is 0 Å². The molecule has 0 bridgehead atoms. The Morgan fingerprint density at radius 3 is 1.60 bits per heavy atom. The van der Waals surface area contributed by atoms with E-state index in [9.17, 15) is 0 Å². The van der Waals surface area contributed by atoms with Crippen LogP contribution in [-0.4, -0.2) is 17.9 Å². The minimum Gasteiger partial charge on any atom is -0.129 e. The molecule has 1 aliphatic heterocycles. The molecule has 5 aliphatic rings. The molecular weight excluding hydrogens is 420 g/mol. The molecule has 0 spiro atoms. The fourth-order valence-electron chi connectivity index (χ4n) is 4.15. The van der Waals surface area contributed by atoms with Gasteiger partial charge in [0.25, 0.3) is 0 Å². The quantitative estimate of drug-likeness (QED) is 0.182. The highest BCUT2D eigenvalue weighted by atomic mass is 32.2. The van der Waals surface area contributed by atoms with Crippen LogP contribution in [-0.2, 0) is 11.4 Å². The van der Waals surface area contributed by atoms with Crippen LogP contribution in [0.1, 0.15) is 11.1 Å². The van der Waals surface area contributed by atoms with Crippen LogP contribution in [0.15, 0.2) is 99.6 Å². The van der Waals surface area contributed by atoms with Gasteiger partial charge in [0, 0.05) is 21.9 Å². The van der Waals surface area contributed by atoms with Crippen LogP contribution in [0.25, 0.3) is 27.8 Å². The lowest BCUT2D eigenvalue weighted by Gasteiger charge is -2.08. The van der Waals surface area contributed by atoms with Crippen LogP contribution in [0, 0.1) is 0 Å². The predicted octanol–water partition coefficient (Wildman–Crippen LogP) is 7.55. The van der Waals surface area contributed by atoms with Crippen LogP contribution < -0.4 is 0 Å². The van der Waals surface area contributed by atoms with Crippen LogP contribution in [0.2, 0.25) is 0 Å². The van der Waals surface area contributed by atoms with Crippen LogP contribution in [0.4, 0.5) is 0 Å². The molecule has 3 heteroatoms. The third-order valence-electron chi connectivity index (χ3n) is 5.48. The number of fused-ring (bicyclic) bond motifs is 2. The van der Waals surface area contributed by atoms with Crippen molar-refractivity contribution in [3.63, 3.8) is 0 Å². The zero-order valence-electron chi connectivity index (χ0n) is 16.9. The summed E-state index contributed by atoms with van der Waals surface area (Å²) in [5, 5.41) is 2.18. The highest BCUT2D eigenvalue weighted by Crippen LogP contribution is 2.48.